The van der Waals surface area contributed by atoms with Gasteiger partial charge in [-0.25, -0.2) is 0 Å². The van der Waals surface area contributed by atoms with Gasteiger partial charge < -0.3 is 5.73 Å². The maximum Gasteiger partial charge on any atom is 0.0672 e. The highest BCUT2D eigenvalue weighted by atomic mass is 35.5. The molecule has 0 unspecified atom stereocenters. The van der Waals surface area contributed by atoms with Crippen molar-refractivity contribution in [3.05, 3.63) is 46.7 Å². The van der Waals surface area contributed by atoms with Gasteiger partial charge in [0.1, 0.15) is 0 Å². The standard InChI is InChI=1S/C11H8Cl2N2/c12-10-5-8(14)4-9(11(10)13)7-2-1-3-15-6-7/h1-6H,14H2. The van der Waals surface area contributed by atoms with Gasteiger partial charge in [0.25, 0.3) is 0 Å². The van der Waals surface area contributed by atoms with E-state index in [1.54, 1.807) is 24.5 Å². The Morgan fingerprint density at radius 3 is 2.67 bits per heavy atom. The van der Waals surface area contributed by atoms with Gasteiger partial charge in [0.15, 0.2) is 0 Å². The van der Waals surface area contributed by atoms with Crippen molar-refractivity contribution in [2.24, 2.45) is 0 Å². The van der Waals surface area contributed by atoms with Crippen molar-refractivity contribution in [1.29, 1.82) is 0 Å². The van der Waals surface area contributed by atoms with Crippen LogP contribution in [0.3, 0.4) is 0 Å². The monoisotopic (exact) mass is 238 g/mol. The van der Waals surface area contributed by atoms with Gasteiger partial charge in [0, 0.05) is 29.2 Å². The van der Waals surface area contributed by atoms with Crippen LogP contribution in [-0.4, -0.2) is 4.98 Å². The molecule has 0 aliphatic heterocycles. The van der Waals surface area contributed by atoms with Gasteiger partial charge in [-0.05, 0) is 18.2 Å². The molecule has 0 saturated carbocycles. The van der Waals surface area contributed by atoms with Crippen LogP contribution in [0.2, 0.25) is 10.0 Å². The SMILES string of the molecule is Nc1cc(Cl)c(Cl)c(-c2cccnc2)c1. The fourth-order valence-corrected chi connectivity index (χ4v) is 1.79. The molecule has 0 saturated heterocycles. The molecule has 4 heteroatoms. The van der Waals surface area contributed by atoms with Gasteiger partial charge in [-0.15, -0.1) is 0 Å². The summed E-state index contributed by atoms with van der Waals surface area (Å²) >= 11 is 12.0. The minimum absolute atomic E-state index is 0.454. The quantitative estimate of drug-likeness (QED) is 0.771. The molecule has 2 nitrogen and oxygen atoms in total. The van der Waals surface area contributed by atoms with Crippen molar-refractivity contribution in [3.8, 4) is 11.1 Å². The zero-order chi connectivity index (χ0) is 10.8. The Labute approximate surface area is 97.7 Å². The second kappa shape index (κ2) is 4.09. The molecule has 0 atom stereocenters. The first-order valence-corrected chi connectivity index (χ1v) is 5.09. The molecule has 1 heterocycles. The number of hydrogen-bond acceptors (Lipinski definition) is 2. The predicted octanol–water partition coefficient (Wildman–Crippen LogP) is 3.64. The highest BCUT2D eigenvalue weighted by Gasteiger charge is 2.08. The molecule has 2 N–H and O–H groups in total. The van der Waals surface area contributed by atoms with Crippen LogP contribution in [0, 0.1) is 0 Å². The Morgan fingerprint density at radius 1 is 1.20 bits per heavy atom. The van der Waals surface area contributed by atoms with Crippen molar-refractivity contribution < 1.29 is 0 Å². The molecule has 15 heavy (non-hydrogen) atoms. The predicted molar refractivity (Wildman–Crippen MR) is 64.1 cm³/mol. The molecule has 0 bridgehead atoms. The number of nitrogen functional groups attached to an aromatic ring is 1. The third-order valence-electron chi connectivity index (χ3n) is 2.02. The average molecular weight is 239 g/mol. The van der Waals surface area contributed by atoms with E-state index in [0.29, 0.717) is 15.7 Å². The number of nitrogens with zero attached hydrogens (tertiary/aromatic N) is 1. The molecule has 0 aliphatic carbocycles. The Morgan fingerprint density at radius 2 is 2.00 bits per heavy atom. The van der Waals surface area contributed by atoms with Crippen LogP contribution < -0.4 is 5.73 Å². The normalized spacial score (nSPS) is 10.3. The van der Waals surface area contributed by atoms with Crippen LogP contribution in [0.15, 0.2) is 36.7 Å². The van der Waals surface area contributed by atoms with Crippen molar-refractivity contribution in [2.45, 2.75) is 0 Å². The van der Waals surface area contributed by atoms with E-state index in [1.165, 1.54) is 0 Å². The summed E-state index contributed by atoms with van der Waals surface area (Å²) in [4.78, 5) is 4.02. The van der Waals surface area contributed by atoms with Crippen LogP contribution in [0.1, 0.15) is 0 Å². The number of benzene rings is 1. The minimum Gasteiger partial charge on any atom is -0.399 e. The second-order valence-electron chi connectivity index (χ2n) is 3.11. The fourth-order valence-electron chi connectivity index (χ4n) is 1.34. The van der Waals surface area contributed by atoms with Crippen LogP contribution in [0.4, 0.5) is 5.69 Å². The van der Waals surface area contributed by atoms with E-state index in [9.17, 15) is 0 Å². The summed E-state index contributed by atoms with van der Waals surface area (Å²) in [5, 5.41) is 0.953. The van der Waals surface area contributed by atoms with Crippen LogP contribution in [0.25, 0.3) is 11.1 Å². The molecule has 0 spiro atoms. The zero-order valence-corrected chi connectivity index (χ0v) is 9.26. The number of rotatable bonds is 1. The number of halogens is 2. The number of hydrogen-bond donors (Lipinski definition) is 1. The Hall–Kier alpha value is -1.25. The van der Waals surface area contributed by atoms with Gasteiger partial charge in [0.05, 0.1) is 10.0 Å². The molecule has 76 valence electrons. The first kappa shape index (κ1) is 10.3. The largest absolute Gasteiger partial charge is 0.399 e. The third kappa shape index (κ3) is 2.06. The van der Waals surface area contributed by atoms with E-state index >= 15 is 0 Å². The molecule has 0 fully saturated rings. The van der Waals surface area contributed by atoms with Crippen molar-refractivity contribution in [2.75, 3.05) is 5.73 Å². The Bertz CT molecular complexity index is 483. The Kier molecular flexibility index (Phi) is 2.80. The van der Waals surface area contributed by atoms with Crippen LogP contribution in [0.5, 0.6) is 0 Å². The lowest BCUT2D eigenvalue weighted by Gasteiger charge is -2.06. The van der Waals surface area contributed by atoms with E-state index in [1.807, 2.05) is 12.1 Å². The lowest BCUT2D eigenvalue weighted by atomic mass is 10.1. The van der Waals surface area contributed by atoms with Gasteiger partial charge >= 0.3 is 0 Å². The molecule has 2 rings (SSSR count). The lowest BCUT2D eigenvalue weighted by molar-refractivity contribution is 1.33. The molecular formula is C11H8Cl2N2. The lowest BCUT2D eigenvalue weighted by Crippen LogP contribution is -1.88. The fraction of sp³-hybridized carbons (Fsp3) is 0. The van der Waals surface area contributed by atoms with Crippen LogP contribution >= 0.6 is 23.2 Å². The van der Waals surface area contributed by atoms with Crippen LogP contribution in [-0.2, 0) is 0 Å². The molecule has 1 aromatic carbocycles. The summed E-state index contributed by atoms with van der Waals surface area (Å²) in [7, 11) is 0. The smallest absolute Gasteiger partial charge is 0.0672 e. The summed E-state index contributed by atoms with van der Waals surface area (Å²) in [6.07, 6.45) is 3.42. The number of aromatic nitrogens is 1. The van der Waals surface area contributed by atoms with Gasteiger partial charge in [-0.3, -0.25) is 4.98 Å². The summed E-state index contributed by atoms with van der Waals surface area (Å²) in [5.41, 5.74) is 7.99. The topological polar surface area (TPSA) is 38.9 Å². The third-order valence-corrected chi connectivity index (χ3v) is 2.83. The number of nitrogens with two attached hydrogens (primary N) is 1. The molecular weight excluding hydrogens is 231 g/mol. The van der Waals surface area contributed by atoms with Gasteiger partial charge in [-0.2, -0.15) is 0 Å². The molecule has 0 aliphatic rings. The minimum atomic E-state index is 0.454. The van der Waals surface area contributed by atoms with Crippen molar-refractivity contribution in [3.63, 3.8) is 0 Å². The number of pyridine rings is 1. The summed E-state index contributed by atoms with van der Waals surface area (Å²) in [6.45, 7) is 0. The molecule has 0 amide bonds. The second-order valence-corrected chi connectivity index (χ2v) is 3.89. The van der Waals surface area contributed by atoms with E-state index in [-0.39, 0.29) is 0 Å². The highest BCUT2D eigenvalue weighted by Crippen LogP contribution is 2.35. The van der Waals surface area contributed by atoms with E-state index in [4.69, 9.17) is 28.9 Å². The van der Waals surface area contributed by atoms with Crippen molar-refractivity contribution >= 4 is 28.9 Å². The van der Waals surface area contributed by atoms with E-state index < -0.39 is 0 Å². The molecule has 0 radical (unpaired) electrons. The first-order valence-electron chi connectivity index (χ1n) is 4.33. The van der Waals surface area contributed by atoms with Gasteiger partial charge in [0.2, 0.25) is 0 Å². The average Bonchev–Trinajstić information content (AvgIpc) is 2.24. The maximum absolute atomic E-state index is 6.08. The summed E-state index contributed by atoms with van der Waals surface area (Å²) < 4.78 is 0. The summed E-state index contributed by atoms with van der Waals surface area (Å²) in [6, 6.07) is 7.15. The van der Waals surface area contributed by atoms with Gasteiger partial charge in [-0.1, -0.05) is 29.3 Å². The Balaban J connectivity index is 2.63. The zero-order valence-electron chi connectivity index (χ0n) is 7.74. The van der Waals surface area contributed by atoms with E-state index in [2.05, 4.69) is 4.98 Å². The molecule has 2 aromatic rings. The number of anilines is 1. The summed E-state index contributed by atoms with van der Waals surface area (Å²) in [5.74, 6) is 0. The maximum atomic E-state index is 6.08. The van der Waals surface area contributed by atoms with Crippen molar-refractivity contribution in [1.82, 2.24) is 4.98 Å². The highest BCUT2D eigenvalue weighted by molar-refractivity contribution is 6.44. The van der Waals surface area contributed by atoms with E-state index in [0.717, 1.165) is 11.1 Å². The molecule has 1 aromatic heterocycles. The first-order chi connectivity index (χ1) is 7.18.